The van der Waals surface area contributed by atoms with Gasteiger partial charge < -0.3 is 20.1 Å². The molecule has 0 bridgehead atoms. The lowest BCUT2D eigenvalue weighted by molar-refractivity contribution is -0.0499. The standard InChI is InChI=1S/C18H18F2N2O4/c1-11(12-5-4-8-15(10-12)26-17(19)20)21-18(24)22-14-7-3-6-13(9-14)16(23)25-2/h3-11,17H,1-2H3,(H2,21,22,24)/t11-/m1/s1. The van der Waals surface area contributed by atoms with Gasteiger partial charge in [0.15, 0.2) is 0 Å². The molecule has 0 radical (unpaired) electrons. The van der Waals surface area contributed by atoms with E-state index < -0.39 is 24.7 Å². The number of esters is 1. The molecule has 0 aliphatic heterocycles. The number of hydrogen-bond acceptors (Lipinski definition) is 4. The van der Waals surface area contributed by atoms with Crippen molar-refractivity contribution < 1.29 is 27.8 Å². The van der Waals surface area contributed by atoms with Crippen molar-refractivity contribution in [1.82, 2.24) is 5.32 Å². The summed E-state index contributed by atoms with van der Waals surface area (Å²) in [5, 5.41) is 5.28. The first-order valence-corrected chi connectivity index (χ1v) is 7.69. The van der Waals surface area contributed by atoms with Gasteiger partial charge in [-0.3, -0.25) is 0 Å². The Hall–Kier alpha value is -3.16. The number of carbonyl (C=O) groups is 2. The molecule has 2 amide bonds. The number of urea groups is 1. The van der Waals surface area contributed by atoms with Crippen LogP contribution in [-0.2, 0) is 4.74 Å². The molecule has 138 valence electrons. The molecule has 0 saturated heterocycles. The van der Waals surface area contributed by atoms with Gasteiger partial charge in [0.25, 0.3) is 0 Å². The Morgan fingerprint density at radius 3 is 2.50 bits per heavy atom. The zero-order chi connectivity index (χ0) is 19.1. The average Bonchev–Trinajstić information content (AvgIpc) is 2.60. The van der Waals surface area contributed by atoms with Gasteiger partial charge in [0.1, 0.15) is 5.75 Å². The molecule has 26 heavy (non-hydrogen) atoms. The number of carbonyl (C=O) groups excluding carboxylic acids is 2. The Balaban J connectivity index is 2.00. The molecule has 0 unspecified atom stereocenters. The number of nitrogens with one attached hydrogen (secondary N) is 2. The second-order valence-electron chi connectivity index (χ2n) is 5.34. The number of benzene rings is 2. The van der Waals surface area contributed by atoms with Crippen LogP contribution in [0.5, 0.6) is 5.75 Å². The summed E-state index contributed by atoms with van der Waals surface area (Å²) in [4.78, 5) is 23.6. The molecular weight excluding hydrogens is 346 g/mol. The molecule has 2 rings (SSSR count). The summed E-state index contributed by atoms with van der Waals surface area (Å²) in [6.45, 7) is -1.22. The molecule has 0 heterocycles. The molecule has 0 aliphatic carbocycles. The number of halogens is 2. The van der Waals surface area contributed by atoms with Crippen LogP contribution in [0.3, 0.4) is 0 Å². The molecule has 6 nitrogen and oxygen atoms in total. The maximum Gasteiger partial charge on any atom is 0.387 e. The van der Waals surface area contributed by atoms with Crippen molar-refractivity contribution in [2.24, 2.45) is 0 Å². The molecule has 1 atom stereocenters. The highest BCUT2D eigenvalue weighted by molar-refractivity contribution is 5.94. The van der Waals surface area contributed by atoms with Crippen LogP contribution in [0.25, 0.3) is 0 Å². The average molecular weight is 364 g/mol. The van der Waals surface area contributed by atoms with Gasteiger partial charge in [-0.15, -0.1) is 0 Å². The van der Waals surface area contributed by atoms with E-state index >= 15 is 0 Å². The predicted molar refractivity (Wildman–Crippen MR) is 91.4 cm³/mol. The Morgan fingerprint density at radius 1 is 1.08 bits per heavy atom. The Bertz CT molecular complexity index is 783. The molecule has 0 spiro atoms. The van der Waals surface area contributed by atoms with Crippen LogP contribution in [0.15, 0.2) is 48.5 Å². The van der Waals surface area contributed by atoms with Crippen LogP contribution < -0.4 is 15.4 Å². The highest BCUT2D eigenvalue weighted by Gasteiger charge is 2.13. The third-order valence-corrected chi connectivity index (χ3v) is 3.47. The molecule has 0 saturated carbocycles. The van der Waals surface area contributed by atoms with Crippen molar-refractivity contribution in [3.8, 4) is 5.75 Å². The lowest BCUT2D eigenvalue weighted by Gasteiger charge is -2.16. The van der Waals surface area contributed by atoms with Crippen molar-refractivity contribution in [1.29, 1.82) is 0 Å². The lowest BCUT2D eigenvalue weighted by atomic mass is 10.1. The van der Waals surface area contributed by atoms with E-state index in [-0.39, 0.29) is 5.75 Å². The minimum Gasteiger partial charge on any atom is -0.465 e. The molecule has 0 fully saturated rings. The molecule has 2 aromatic carbocycles. The third-order valence-electron chi connectivity index (χ3n) is 3.47. The van der Waals surface area contributed by atoms with Crippen LogP contribution >= 0.6 is 0 Å². The smallest absolute Gasteiger partial charge is 0.387 e. The third kappa shape index (κ3) is 5.44. The monoisotopic (exact) mass is 364 g/mol. The van der Waals surface area contributed by atoms with E-state index in [1.807, 2.05) is 0 Å². The van der Waals surface area contributed by atoms with Gasteiger partial charge in [-0.25, -0.2) is 9.59 Å². The van der Waals surface area contributed by atoms with E-state index in [2.05, 4.69) is 20.1 Å². The van der Waals surface area contributed by atoms with Crippen molar-refractivity contribution in [3.05, 3.63) is 59.7 Å². The zero-order valence-corrected chi connectivity index (χ0v) is 14.2. The van der Waals surface area contributed by atoms with Crippen LogP contribution in [0.1, 0.15) is 28.9 Å². The first-order valence-electron chi connectivity index (χ1n) is 7.69. The highest BCUT2D eigenvalue weighted by atomic mass is 19.3. The first-order chi connectivity index (χ1) is 12.4. The van der Waals surface area contributed by atoms with Crippen LogP contribution in [0.2, 0.25) is 0 Å². The fourth-order valence-corrected chi connectivity index (χ4v) is 2.25. The molecule has 8 heteroatoms. The van der Waals surface area contributed by atoms with E-state index in [1.54, 1.807) is 37.3 Å². The molecule has 2 N–H and O–H groups in total. The van der Waals surface area contributed by atoms with E-state index in [1.165, 1.54) is 25.3 Å². The molecule has 2 aromatic rings. The number of anilines is 1. The van der Waals surface area contributed by atoms with Gasteiger partial charge in [0.05, 0.1) is 18.7 Å². The van der Waals surface area contributed by atoms with Crippen LogP contribution in [0.4, 0.5) is 19.3 Å². The normalized spacial score (nSPS) is 11.6. The summed E-state index contributed by atoms with van der Waals surface area (Å²) in [6, 6.07) is 11.4. The van der Waals surface area contributed by atoms with Crippen molar-refractivity contribution in [3.63, 3.8) is 0 Å². The van der Waals surface area contributed by atoms with E-state index in [4.69, 9.17) is 0 Å². The summed E-state index contributed by atoms with van der Waals surface area (Å²) >= 11 is 0. The number of methoxy groups -OCH3 is 1. The summed E-state index contributed by atoms with van der Waals surface area (Å²) < 4.78 is 33.5. The minimum absolute atomic E-state index is 0.0114. The summed E-state index contributed by atoms with van der Waals surface area (Å²) in [5.41, 5.74) is 1.31. The summed E-state index contributed by atoms with van der Waals surface area (Å²) in [6.07, 6.45) is 0. The Labute approximate surface area is 149 Å². The van der Waals surface area contributed by atoms with Gasteiger partial charge in [-0.2, -0.15) is 8.78 Å². The summed E-state index contributed by atoms with van der Waals surface area (Å²) in [7, 11) is 1.27. The molecular formula is C18H18F2N2O4. The fraction of sp³-hybridized carbons (Fsp3) is 0.222. The first kappa shape index (κ1) is 19.2. The molecule has 0 aliphatic rings. The van der Waals surface area contributed by atoms with Gasteiger partial charge in [0, 0.05) is 5.69 Å². The van der Waals surface area contributed by atoms with E-state index in [9.17, 15) is 18.4 Å². The van der Waals surface area contributed by atoms with E-state index in [0.717, 1.165) is 0 Å². The lowest BCUT2D eigenvalue weighted by Crippen LogP contribution is -2.31. The maximum atomic E-state index is 12.3. The highest BCUT2D eigenvalue weighted by Crippen LogP contribution is 2.21. The number of amides is 2. The number of hydrogen-bond donors (Lipinski definition) is 2. The molecule has 0 aromatic heterocycles. The topological polar surface area (TPSA) is 76.7 Å². The fourth-order valence-electron chi connectivity index (χ4n) is 2.25. The van der Waals surface area contributed by atoms with Gasteiger partial charge in [-0.1, -0.05) is 18.2 Å². The van der Waals surface area contributed by atoms with Gasteiger partial charge >= 0.3 is 18.6 Å². The number of alkyl halides is 2. The van der Waals surface area contributed by atoms with Crippen molar-refractivity contribution in [2.75, 3.05) is 12.4 Å². The quantitative estimate of drug-likeness (QED) is 0.761. The second-order valence-corrected chi connectivity index (χ2v) is 5.34. The second kappa shape index (κ2) is 8.80. The van der Waals surface area contributed by atoms with Gasteiger partial charge in [-0.05, 0) is 42.8 Å². The zero-order valence-electron chi connectivity index (χ0n) is 14.2. The minimum atomic E-state index is -2.92. The Morgan fingerprint density at radius 2 is 1.81 bits per heavy atom. The van der Waals surface area contributed by atoms with Crippen molar-refractivity contribution in [2.45, 2.75) is 19.6 Å². The maximum absolute atomic E-state index is 12.3. The van der Waals surface area contributed by atoms with Crippen molar-refractivity contribution >= 4 is 17.7 Å². The number of rotatable bonds is 6. The van der Waals surface area contributed by atoms with E-state index in [0.29, 0.717) is 16.8 Å². The summed E-state index contributed by atoms with van der Waals surface area (Å²) in [5.74, 6) is -0.504. The SMILES string of the molecule is COC(=O)c1cccc(NC(=O)N[C@H](C)c2cccc(OC(F)F)c2)c1. The Kier molecular flexibility index (Phi) is 6.48. The van der Waals surface area contributed by atoms with Crippen LogP contribution in [0, 0.1) is 0 Å². The predicted octanol–water partition coefficient (Wildman–Crippen LogP) is 3.96. The largest absolute Gasteiger partial charge is 0.465 e. The van der Waals surface area contributed by atoms with Crippen LogP contribution in [-0.4, -0.2) is 25.7 Å². The van der Waals surface area contributed by atoms with Gasteiger partial charge in [0.2, 0.25) is 0 Å². The number of ether oxygens (including phenoxy) is 2.